The second kappa shape index (κ2) is 9.36. The number of nitrogens with one attached hydrogen (secondary N) is 3. The first-order chi connectivity index (χ1) is 13.2. The second-order valence-corrected chi connectivity index (χ2v) is 6.40. The molecular weight excluding hydrogens is 371 g/mol. The van der Waals surface area contributed by atoms with Crippen LogP contribution < -0.4 is 16.0 Å². The van der Waals surface area contributed by atoms with Crippen LogP contribution in [0.15, 0.2) is 48.5 Å². The first kappa shape index (κ1) is 21.4. The summed E-state index contributed by atoms with van der Waals surface area (Å²) in [6.07, 6.45) is -4.43. The molecule has 0 bridgehead atoms. The molecule has 0 saturated heterocycles. The van der Waals surface area contributed by atoms with Crippen LogP contribution in [0.4, 0.5) is 18.9 Å². The lowest BCUT2D eigenvalue weighted by molar-refractivity contribution is -0.137. The van der Waals surface area contributed by atoms with E-state index < -0.39 is 17.6 Å². The lowest BCUT2D eigenvalue weighted by Crippen LogP contribution is -2.28. The van der Waals surface area contributed by atoms with Crippen LogP contribution in [0, 0.1) is 5.92 Å². The summed E-state index contributed by atoms with van der Waals surface area (Å²) in [5, 5.41) is 8.39. The Hall–Kier alpha value is -2.87. The topological polar surface area (TPSA) is 70.2 Å². The largest absolute Gasteiger partial charge is 0.416 e. The van der Waals surface area contributed by atoms with E-state index in [0.717, 1.165) is 29.8 Å². The maximum absolute atomic E-state index is 12.6. The zero-order valence-corrected chi connectivity index (χ0v) is 15.6. The molecule has 2 rings (SSSR count). The summed E-state index contributed by atoms with van der Waals surface area (Å²) in [7, 11) is 1.78. The number of anilines is 1. The van der Waals surface area contributed by atoms with Crippen LogP contribution in [0.3, 0.4) is 0 Å². The van der Waals surface area contributed by atoms with E-state index in [2.05, 4.69) is 16.0 Å². The van der Waals surface area contributed by atoms with Crippen molar-refractivity contribution in [3.8, 4) is 0 Å². The van der Waals surface area contributed by atoms with Gasteiger partial charge in [-0.2, -0.15) is 13.2 Å². The first-order valence-electron chi connectivity index (χ1n) is 8.70. The van der Waals surface area contributed by atoms with Crippen molar-refractivity contribution in [2.45, 2.75) is 19.6 Å². The third kappa shape index (κ3) is 6.09. The zero-order valence-electron chi connectivity index (χ0n) is 15.6. The Morgan fingerprint density at radius 3 is 2.14 bits per heavy atom. The van der Waals surface area contributed by atoms with Gasteiger partial charge in [0.1, 0.15) is 0 Å². The Kier molecular flexibility index (Phi) is 7.17. The van der Waals surface area contributed by atoms with Crippen molar-refractivity contribution >= 4 is 17.5 Å². The van der Waals surface area contributed by atoms with Crippen molar-refractivity contribution in [3.63, 3.8) is 0 Å². The molecule has 28 heavy (non-hydrogen) atoms. The van der Waals surface area contributed by atoms with Crippen LogP contribution in [0.25, 0.3) is 0 Å². The number of benzene rings is 2. The molecule has 0 spiro atoms. The number of hydrogen-bond acceptors (Lipinski definition) is 3. The predicted molar refractivity (Wildman–Crippen MR) is 101 cm³/mol. The van der Waals surface area contributed by atoms with Crippen molar-refractivity contribution in [2.24, 2.45) is 5.92 Å². The number of rotatable bonds is 7. The second-order valence-electron chi connectivity index (χ2n) is 6.40. The van der Waals surface area contributed by atoms with Gasteiger partial charge in [-0.15, -0.1) is 0 Å². The first-order valence-corrected chi connectivity index (χ1v) is 8.70. The van der Waals surface area contributed by atoms with Crippen LogP contribution >= 0.6 is 0 Å². The minimum absolute atomic E-state index is 0.0993. The van der Waals surface area contributed by atoms with Gasteiger partial charge >= 0.3 is 6.18 Å². The minimum Gasteiger partial charge on any atom is -0.348 e. The molecule has 5 nitrogen and oxygen atoms in total. The van der Waals surface area contributed by atoms with Gasteiger partial charge in [-0.3, -0.25) is 9.59 Å². The van der Waals surface area contributed by atoms with Crippen molar-refractivity contribution in [3.05, 3.63) is 65.2 Å². The van der Waals surface area contributed by atoms with E-state index in [1.54, 1.807) is 31.3 Å². The summed E-state index contributed by atoms with van der Waals surface area (Å²) < 4.78 is 37.7. The molecule has 0 saturated carbocycles. The zero-order chi connectivity index (χ0) is 20.7. The van der Waals surface area contributed by atoms with E-state index in [9.17, 15) is 22.8 Å². The van der Waals surface area contributed by atoms with Gasteiger partial charge in [0, 0.05) is 30.3 Å². The molecule has 0 aliphatic carbocycles. The normalized spacial score (nSPS) is 12.3. The molecule has 0 fully saturated rings. The van der Waals surface area contributed by atoms with E-state index in [1.165, 1.54) is 0 Å². The average Bonchev–Trinajstić information content (AvgIpc) is 2.66. The summed E-state index contributed by atoms with van der Waals surface area (Å²) >= 11 is 0. The molecule has 3 N–H and O–H groups in total. The van der Waals surface area contributed by atoms with Crippen molar-refractivity contribution < 1.29 is 22.8 Å². The average molecular weight is 393 g/mol. The Labute approximate surface area is 161 Å². The van der Waals surface area contributed by atoms with E-state index in [4.69, 9.17) is 0 Å². The molecule has 1 unspecified atom stereocenters. The summed E-state index contributed by atoms with van der Waals surface area (Å²) in [4.78, 5) is 24.0. The fraction of sp³-hybridized carbons (Fsp3) is 0.300. The fourth-order valence-corrected chi connectivity index (χ4v) is 2.47. The standard InChI is InChI=1S/C20H22F3N3O2/c1-13(11-24-2)18(27)26-17-9-3-14(4-10-17)12-25-19(28)15-5-7-16(8-6-15)20(21,22)23/h3-10,13,24H,11-12H2,1-2H3,(H,25,28)(H,26,27). The molecule has 0 heterocycles. The number of amides is 2. The van der Waals surface area contributed by atoms with E-state index in [0.29, 0.717) is 12.2 Å². The summed E-state index contributed by atoms with van der Waals surface area (Å²) in [6, 6.07) is 11.0. The highest BCUT2D eigenvalue weighted by Crippen LogP contribution is 2.29. The lowest BCUT2D eigenvalue weighted by atomic mass is 10.1. The molecule has 1 atom stereocenters. The molecule has 0 aliphatic heterocycles. The van der Waals surface area contributed by atoms with Crippen molar-refractivity contribution in [1.29, 1.82) is 0 Å². The van der Waals surface area contributed by atoms with Crippen molar-refractivity contribution in [2.75, 3.05) is 18.9 Å². The van der Waals surface area contributed by atoms with Crippen LogP contribution in [0.2, 0.25) is 0 Å². The number of carbonyl (C=O) groups excluding carboxylic acids is 2. The van der Waals surface area contributed by atoms with Crippen LogP contribution in [0.5, 0.6) is 0 Å². The predicted octanol–water partition coefficient (Wildman–Crippen LogP) is 3.43. The van der Waals surface area contributed by atoms with Gasteiger partial charge in [0.15, 0.2) is 0 Å². The molecule has 0 aliphatic rings. The van der Waals surface area contributed by atoms with E-state index >= 15 is 0 Å². The molecule has 2 aromatic rings. The highest BCUT2D eigenvalue weighted by atomic mass is 19.4. The molecule has 0 radical (unpaired) electrons. The quantitative estimate of drug-likeness (QED) is 0.675. The Bertz CT molecular complexity index is 803. The smallest absolute Gasteiger partial charge is 0.348 e. The Morgan fingerprint density at radius 2 is 1.61 bits per heavy atom. The Morgan fingerprint density at radius 1 is 1.00 bits per heavy atom. The third-order valence-corrected chi connectivity index (χ3v) is 4.11. The molecule has 150 valence electrons. The molecule has 0 aromatic heterocycles. The third-order valence-electron chi connectivity index (χ3n) is 4.11. The summed E-state index contributed by atoms with van der Waals surface area (Å²) in [6.45, 7) is 2.60. The van der Waals surface area contributed by atoms with Gasteiger partial charge in [-0.1, -0.05) is 19.1 Å². The monoisotopic (exact) mass is 393 g/mol. The van der Waals surface area contributed by atoms with Gasteiger partial charge in [0.05, 0.1) is 5.56 Å². The van der Waals surface area contributed by atoms with Crippen LogP contribution in [-0.2, 0) is 17.5 Å². The number of halogens is 3. The fourth-order valence-electron chi connectivity index (χ4n) is 2.47. The number of alkyl halides is 3. The van der Waals surface area contributed by atoms with Gasteiger partial charge in [0.2, 0.25) is 5.91 Å². The Balaban J connectivity index is 1.89. The van der Waals surface area contributed by atoms with Crippen LogP contribution in [0.1, 0.15) is 28.4 Å². The minimum atomic E-state index is -4.43. The molecule has 2 amide bonds. The van der Waals surface area contributed by atoms with Gasteiger partial charge < -0.3 is 16.0 Å². The van der Waals surface area contributed by atoms with Gasteiger partial charge in [-0.05, 0) is 49.0 Å². The van der Waals surface area contributed by atoms with Crippen molar-refractivity contribution in [1.82, 2.24) is 10.6 Å². The van der Waals surface area contributed by atoms with E-state index in [1.807, 2.05) is 6.92 Å². The maximum atomic E-state index is 12.6. The SMILES string of the molecule is CNCC(C)C(=O)Nc1ccc(CNC(=O)c2ccc(C(F)(F)F)cc2)cc1. The summed E-state index contributed by atoms with van der Waals surface area (Å²) in [5.74, 6) is -0.739. The highest BCUT2D eigenvalue weighted by Gasteiger charge is 2.30. The number of hydrogen-bond donors (Lipinski definition) is 3. The molecular formula is C20H22F3N3O2. The van der Waals surface area contributed by atoms with Gasteiger partial charge in [0.25, 0.3) is 5.91 Å². The summed E-state index contributed by atoms with van der Waals surface area (Å²) in [5.41, 5.74) is 0.786. The molecule has 8 heteroatoms. The van der Waals surface area contributed by atoms with Gasteiger partial charge in [-0.25, -0.2) is 0 Å². The number of carbonyl (C=O) groups is 2. The van der Waals surface area contributed by atoms with Crippen LogP contribution in [-0.4, -0.2) is 25.4 Å². The lowest BCUT2D eigenvalue weighted by Gasteiger charge is -2.12. The molecule has 2 aromatic carbocycles. The maximum Gasteiger partial charge on any atom is 0.416 e. The highest BCUT2D eigenvalue weighted by molar-refractivity contribution is 5.94. The van der Waals surface area contributed by atoms with E-state index in [-0.39, 0.29) is 23.9 Å².